The van der Waals surface area contributed by atoms with E-state index in [1.165, 1.54) is 18.1 Å². The van der Waals surface area contributed by atoms with Crippen molar-refractivity contribution in [2.24, 2.45) is 0 Å². The van der Waals surface area contributed by atoms with Gasteiger partial charge in [-0.25, -0.2) is 4.79 Å². The summed E-state index contributed by atoms with van der Waals surface area (Å²) in [6.07, 6.45) is 5.81. The van der Waals surface area contributed by atoms with Crippen molar-refractivity contribution in [3.8, 4) is 16.9 Å². The monoisotopic (exact) mass is 652 g/mol. The molecule has 1 saturated heterocycles. The van der Waals surface area contributed by atoms with E-state index in [2.05, 4.69) is 68.7 Å². The van der Waals surface area contributed by atoms with Crippen LogP contribution < -0.4 is 20.9 Å². The molecule has 3 aliphatic heterocycles. The Morgan fingerprint density at radius 1 is 1.04 bits per heavy atom. The zero-order valence-corrected chi connectivity index (χ0v) is 27.9. The van der Waals surface area contributed by atoms with Crippen molar-refractivity contribution >= 4 is 39.2 Å². The second kappa shape index (κ2) is 12.3. The molecule has 47 heavy (non-hydrogen) atoms. The van der Waals surface area contributed by atoms with Crippen LogP contribution in [-0.2, 0) is 24.4 Å². The third-order valence-corrected chi connectivity index (χ3v) is 10.7. The molecule has 10 heteroatoms. The molecule has 0 spiro atoms. The number of methoxy groups -OCH3 is 1. The first-order valence-corrected chi connectivity index (χ1v) is 17.1. The fraction of sp³-hybridized carbons (Fsp3) is 0.405. The number of benzene rings is 3. The topological polar surface area (TPSA) is 94.4 Å². The second-order valence-electron chi connectivity index (χ2n) is 13.2. The van der Waals surface area contributed by atoms with Gasteiger partial charge in [0.05, 0.1) is 37.8 Å². The molecule has 3 aromatic carbocycles. The summed E-state index contributed by atoms with van der Waals surface area (Å²) in [4.78, 5) is 13.4. The largest absolute Gasteiger partial charge is 0.493 e. The number of carbonyl (C=O) groups excluding carboxylic acids is 1. The lowest BCUT2D eigenvalue weighted by Crippen LogP contribution is -2.33. The minimum Gasteiger partial charge on any atom is -0.493 e. The van der Waals surface area contributed by atoms with Crippen LogP contribution in [0.1, 0.15) is 71.1 Å². The number of fused-ring (bicyclic) bond motifs is 7. The molecule has 3 N–H and O–H groups in total. The molecule has 0 saturated carbocycles. The lowest BCUT2D eigenvalue weighted by molar-refractivity contribution is 0.0587. The van der Waals surface area contributed by atoms with E-state index < -0.39 is 0 Å². The first-order valence-electron chi connectivity index (χ1n) is 16.8. The number of nitrogens with zero attached hydrogens (tertiary/aromatic N) is 3. The molecule has 3 atom stereocenters. The van der Waals surface area contributed by atoms with Crippen molar-refractivity contribution in [3.05, 3.63) is 81.8 Å². The summed E-state index contributed by atoms with van der Waals surface area (Å²) in [6.45, 7) is 5.82. The molecule has 9 nitrogen and oxygen atoms in total. The van der Waals surface area contributed by atoms with Gasteiger partial charge in [0.15, 0.2) is 0 Å². The van der Waals surface area contributed by atoms with Crippen molar-refractivity contribution in [2.45, 2.75) is 83.7 Å². The van der Waals surface area contributed by atoms with Crippen molar-refractivity contribution in [1.29, 1.82) is 0 Å². The summed E-state index contributed by atoms with van der Waals surface area (Å²) in [5.74, 6) is 0.547. The summed E-state index contributed by atoms with van der Waals surface area (Å²) in [7, 11) is 1.44. The lowest BCUT2D eigenvalue weighted by Gasteiger charge is -2.17. The van der Waals surface area contributed by atoms with Gasteiger partial charge in [-0.1, -0.05) is 41.9 Å². The van der Waals surface area contributed by atoms with Crippen LogP contribution in [0.15, 0.2) is 48.5 Å². The third kappa shape index (κ3) is 5.30. The summed E-state index contributed by atoms with van der Waals surface area (Å²) < 4.78 is 16.0. The van der Waals surface area contributed by atoms with Gasteiger partial charge in [0.1, 0.15) is 11.4 Å². The molecule has 244 valence electrons. The molecule has 5 heterocycles. The summed E-state index contributed by atoms with van der Waals surface area (Å²) in [6, 6.07) is 17.9. The van der Waals surface area contributed by atoms with Gasteiger partial charge in [0.25, 0.3) is 0 Å². The number of hydrogen-bond donors (Lipinski definition) is 3. The normalized spacial score (nSPS) is 21.5. The third-order valence-electron chi connectivity index (χ3n) is 10.3. The predicted molar refractivity (Wildman–Crippen MR) is 185 cm³/mol. The van der Waals surface area contributed by atoms with E-state index >= 15 is 0 Å². The number of hydrogen-bond acceptors (Lipinski definition) is 7. The average molecular weight is 653 g/mol. The average Bonchev–Trinajstić information content (AvgIpc) is 3.83. The molecule has 2 aromatic heterocycles. The van der Waals surface area contributed by atoms with Gasteiger partial charge in [-0.3, -0.25) is 20.9 Å². The highest BCUT2D eigenvalue weighted by Gasteiger charge is 2.34. The predicted octanol–water partition coefficient (Wildman–Crippen LogP) is 6.75. The Morgan fingerprint density at radius 2 is 1.87 bits per heavy atom. The van der Waals surface area contributed by atoms with Gasteiger partial charge < -0.3 is 14.0 Å². The molecule has 3 unspecified atom stereocenters. The Labute approximate surface area is 279 Å². The van der Waals surface area contributed by atoms with Gasteiger partial charge in [-0.15, -0.1) is 0 Å². The number of ether oxygens (including phenoxy) is 2. The molecular weight excluding hydrogens is 612 g/mol. The molecular formula is C37H41ClN6O3. The number of halogens is 1. The molecule has 0 amide bonds. The fourth-order valence-electron chi connectivity index (χ4n) is 8.15. The second-order valence-corrected chi connectivity index (χ2v) is 13.7. The molecule has 1 fully saturated rings. The van der Waals surface area contributed by atoms with Crippen LogP contribution in [0.3, 0.4) is 0 Å². The molecule has 8 rings (SSSR count). The Kier molecular flexibility index (Phi) is 7.96. The summed E-state index contributed by atoms with van der Waals surface area (Å²) in [5, 5.41) is 12.6. The van der Waals surface area contributed by atoms with Crippen LogP contribution in [-0.4, -0.2) is 46.1 Å². The minimum absolute atomic E-state index is 0.142. The Morgan fingerprint density at radius 3 is 2.72 bits per heavy atom. The Hall–Kier alpha value is -3.89. The van der Waals surface area contributed by atoms with E-state index in [1.807, 2.05) is 19.1 Å². The molecule has 0 aliphatic carbocycles. The van der Waals surface area contributed by atoms with Crippen molar-refractivity contribution in [2.75, 3.05) is 13.7 Å². The highest BCUT2D eigenvalue weighted by Crippen LogP contribution is 2.45. The standard InChI is InChI=1S/C37H41ClN6O3/c1-21-32-30-14-12-28(38)34(32)33-22(2)42-44-20-39-29(36(33)44)13-11-26-19-25(40-41-26)10-9-23-17-24-7-4-5-8-27(24)31(18-23)47-16-6-15-43(30)35(21)37(45)46-3/h4-5,7-8,12,14,17-18,25-26,29,39-41H,6,9-11,13,15-16,19-20H2,1-3H3. The number of hydrazine groups is 1. The summed E-state index contributed by atoms with van der Waals surface area (Å²) >= 11 is 7.10. The van der Waals surface area contributed by atoms with Gasteiger partial charge in [-0.05, 0) is 87.1 Å². The van der Waals surface area contributed by atoms with E-state index in [9.17, 15) is 4.79 Å². The minimum atomic E-state index is -0.359. The van der Waals surface area contributed by atoms with Gasteiger partial charge in [0, 0.05) is 51.1 Å². The van der Waals surface area contributed by atoms with Gasteiger partial charge in [-0.2, -0.15) is 5.10 Å². The maximum Gasteiger partial charge on any atom is 0.354 e. The van der Waals surface area contributed by atoms with E-state index in [-0.39, 0.29) is 12.0 Å². The maximum atomic E-state index is 13.4. The SMILES string of the molecule is COC(=O)c1c(C)c2c3c(Cl)ccc2n1CCCOc1cc(cc2ccccc12)CCC1CC(CCC2NCn4nc(C)c-3c42)NN1. The van der Waals surface area contributed by atoms with E-state index in [0.29, 0.717) is 49.0 Å². The van der Waals surface area contributed by atoms with Crippen LogP contribution >= 0.6 is 11.6 Å². The number of aryl methyl sites for hydroxylation is 4. The van der Waals surface area contributed by atoms with Crippen molar-refractivity contribution in [1.82, 2.24) is 30.5 Å². The number of rotatable bonds is 1. The smallest absolute Gasteiger partial charge is 0.354 e. The Balaban J connectivity index is 1.24. The van der Waals surface area contributed by atoms with Gasteiger partial charge >= 0.3 is 5.97 Å². The number of aromatic nitrogens is 3. The van der Waals surface area contributed by atoms with E-state index in [0.717, 1.165) is 82.2 Å². The van der Waals surface area contributed by atoms with Crippen LogP contribution in [0.4, 0.5) is 0 Å². The first kappa shape index (κ1) is 30.4. The zero-order chi connectivity index (χ0) is 32.2. The molecule has 5 aromatic rings. The zero-order valence-electron chi connectivity index (χ0n) is 27.2. The molecule has 0 radical (unpaired) electrons. The van der Waals surface area contributed by atoms with E-state index in [1.54, 1.807) is 0 Å². The van der Waals surface area contributed by atoms with Crippen molar-refractivity contribution in [3.63, 3.8) is 0 Å². The van der Waals surface area contributed by atoms with Crippen LogP contribution in [0, 0.1) is 13.8 Å². The Bertz CT molecular complexity index is 2010. The van der Waals surface area contributed by atoms with Crippen LogP contribution in [0.25, 0.3) is 32.8 Å². The van der Waals surface area contributed by atoms with Crippen molar-refractivity contribution < 1.29 is 14.3 Å². The van der Waals surface area contributed by atoms with Crippen LogP contribution in [0.5, 0.6) is 5.75 Å². The lowest BCUT2D eigenvalue weighted by atomic mass is 9.92. The highest BCUT2D eigenvalue weighted by atomic mass is 35.5. The number of carbonyl (C=O) groups is 1. The van der Waals surface area contributed by atoms with E-state index in [4.69, 9.17) is 26.2 Å². The fourth-order valence-corrected chi connectivity index (χ4v) is 8.40. The van der Waals surface area contributed by atoms with Gasteiger partial charge in [0.2, 0.25) is 0 Å². The first-order chi connectivity index (χ1) is 22.9. The van der Waals surface area contributed by atoms with Crippen LogP contribution in [0.2, 0.25) is 5.02 Å². The molecule has 8 bridgehead atoms. The highest BCUT2D eigenvalue weighted by molar-refractivity contribution is 6.35. The number of esters is 1. The quantitative estimate of drug-likeness (QED) is 0.173. The summed E-state index contributed by atoms with van der Waals surface area (Å²) in [5.41, 5.74) is 14.9. The maximum absolute atomic E-state index is 13.4. The number of nitrogens with one attached hydrogen (secondary N) is 3. The molecule has 3 aliphatic rings.